The Bertz CT molecular complexity index is 1250. The summed E-state index contributed by atoms with van der Waals surface area (Å²) >= 11 is 1.65. The average Bonchev–Trinajstić information content (AvgIpc) is 3.55. The predicted octanol–water partition coefficient (Wildman–Crippen LogP) is 5.86. The van der Waals surface area contributed by atoms with Gasteiger partial charge >= 0.3 is 0 Å². The molecule has 0 saturated heterocycles. The molecule has 0 saturated carbocycles. The second-order valence-electron chi connectivity index (χ2n) is 8.08. The first-order valence-corrected chi connectivity index (χ1v) is 11.8. The van der Waals surface area contributed by atoms with Crippen molar-refractivity contribution in [2.75, 3.05) is 55.4 Å². The molecule has 4 rings (SSSR count). The molecule has 0 radical (unpaired) electrons. The van der Waals surface area contributed by atoms with E-state index in [4.69, 9.17) is 13.6 Å². The van der Waals surface area contributed by atoms with E-state index < -0.39 is 0 Å². The van der Waals surface area contributed by atoms with E-state index >= 15 is 0 Å². The third-order valence-electron chi connectivity index (χ3n) is 5.10. The Kier molecular flexibility index (Phi) is 7.57. The molecular formula is C26H28N4O4S. The number of hydrogen-bond donors (Lipinski definition) is 2. The van der Waals surface area contributed by atoms with Crippen LogP contribution in [0.15, 0.2) is 91.8 Å². The fourth-order valence-electron chi connectivity index (χ4n) is 3.40. The van der Waals surface area contributed by atoms with Crippen molar-refractivity contribution in [1.29, 1.82) is 0 Å². The van der Waals surface area contributed by atoms with Gasteiger partial charge in [0.2, 0.25) is 0 Å². The zero-order chi connectivity index (χ0) is 24.8. The summed E-state index contributed by atoms with van der Waals surface area (Å²) in [5.74, 6) is 0.456. The molecule has 2 aromatic carbocycles. The molecule has 1 amide bonds. The van der Waals surface area contributed by atoms with Gasteiger partial charge in [0.05, 0.1) is 35.3 Å². The van der Waals surface area contributed by atoms with Gasteiger partial charge in [-0.05, 0) is 54.6 Å². The number of carbonyl (C=O) groups excluding carboxylic acids is 1. The third-order valence-corrected chi connectivity index (χ3v) is 6.08. The molecule has 0 aliphatic heterocycles. The van der Waals surface area contributed by atoms with Gasteiger partial charge in [0.25, 0.3) is 11.9 Å². The maximum absolute atomic E-state index is 12.4. The van der Waals surface area contributed by atoms with Gasteiger partial charge in [0.1, 0.15) is 0 Å². The minimum atomic E-state index is -0.284. The first kappa shape index (κ1) is 24.2. The predicted molar refractivity (Wildman–Crippen MR) is 140 cm³/mol. The van der Waals surface area contributed by atoms with Gasteiger partial charge in [0, 0.05) is 44.0 Å². The topological polar surface area (TPSA) is 83.1 Å². The number of furan rings is 2. The van der Waals surface area contributed by atoms with Crippen molar-refractivity contribution in [3.8, 4) is 5.95 Å². The number of benzene rings is 2. The van der Waals surface area contributed by atoms with Crippen LogP contribution in [0.2, 0.25) is 0 Å². The summed E-state index contributed by atoms with van der Waals surface area (Å²) in [6.07, 6.45) is 3.06. The molecule has 9 heteroatoms. The maximum atomic E-state index is 12.4. The second-order valence-corrected chi connectivity index (χ2v) is 9.22. The molecule has 2 N–H and O–H groups in total. The van der Waals surface area contributed by atoms with Gasteiger partial charge in [-0.2, -0.15) is 0 Å². The van der Waals surface area contributed by atoms with Crippen molar-refractivity contribution in [1.82, 2.24) is 0 Å². The van der Waals surface area contributed by atoms with Gasteiger partial charge in [0.15, 0.2) is 12.5 Å². The molecule has 0 bridgehead atoms. The van der Waals surface area contributed by atoms with E-state index in [2.05, 4.69) is 33.7 Å². The lowest BCUT2D eigenvalue weighted by Gasteiger charge is -2.21. The largest absolute Gasteiger partial charge is 0.459 e. The Morgan fingerprint density at radius 3 is 2.09 bits per heavy atom. The molecular weight excluding hydrogens is 464 g/mol. The summed E-state index contributed by atoms with van der Waals surface area (Å²) in [5.41, 5.74) is 3.60. The van der Waals surface area contributed by atoms with Crippen molar-refractivity contribution in [3.63, 3.8) is 0 Å². The highest BCUT2D eigenvalue weighted by Gasteiger charge is 2.14. The number of amides is 1. The highest BCUT2D eigenvalue weighted by atomic mass is 32.2. The fraction of sp³-hybridized carbons (Fsp3) is 0.192. The van der Waals surface area contributed by atoms with Crippen molar-refractivity contribution < 1.29 is 18.4 Å². The Morgan fingerprint density at radius 1 is 0.857 bits per heavy atom. The van der Waals surface area contributed by atoms with Crippen LogP contribution in [-0.2, 0) is 0 Å². The van der Waals surface area contributed by atoms with Crippen molar-refractivity contribution >= 4 is 40.4 Å². The Morgan fingerprint density at radius 2 is 1.49 bits per heavy atom. The molecule has 4 aromatic rings. The first-order chi connectivity index (χ1) is 16.9. The van der Waals surface area contributed by atoms with Crippen molar-refractivity contribution in [2.45, 2.75) is 9.79 Å². The number of hydrogen-bond acceptors (Lipinski definition) is 8. The van der Waals surface area contributed by atoms with Crippen LogP contribution in [0, 0.1) is 0 Å². The van der Waals surface area contributed by atoms with E-state index in [9.17, 15) is 4.79 Å². The monoisotopic (exact) mass is 492 g/mol. The van der Waals surface area contributed by atoms with E-state index in [1.165, 1.54) is 6.26 Å². The van der Waals surface area contributed by atoms with Gasteiger partial charge in [-0.3, -0.25) is 4.79 Å². The fourth-order valence-corrected chi connectivity index (χ4v) is 4.29. The molecule has 35 heavy (non-hydrogen) atoms. The molecule has 0 aliphatic carbocycles. The van der Waals surface area contributed by atoms with Gasteiger partial charge in [-0.25, -0.2) is 0 Å². The summed E-state index contributed by atoms with van der Waals surface area (Å²) in [5, 5.41) is 6.23. The Balaban J connectivity index is 1.48. The molecule has 0 aliphatic rings. The van der Waals surface area contributed by atoms with Crippen LogP contribution in [0.25, 0.3) is 0 Å². The number of ether oxygens (including phenoxy) is 1. The van der Waals surface area contributed by atoms with Gasteiger partial charge in [-0.1, -0.05) is 11.8 Å². The van der Waals surface area contributed by atoms with Crippen LogP contribution in [0.3, 0.4) is 0 Å². The number of rotatable bonds is 10. The summed E-state index contributed by atoms with van der Waals surface area (Å²) in [6, 6.07) is 19.1. The van der Waals surface area contributed by atoms with Crippen LogP contribution >= 0.6 is 11.8 Å². The SMILES string of the molecule is CN(C)c1cc(Sc2ccc(NC(=O)c3ccco3)c(N(C)C)c2)ccc1NCOc1ccco1. The minimum absolute atomic E-state index is 0.271. The highest BCUT2D eigenvalue weighted by molar-refractivity contribution is 7.99. The second kappa shape index (κ2) is 11.0. The van der Waals surface area contributed by atoms with E-state index in [-0.39, 0.29) is 18.4 Å². The average molecular weight is 493 g/mol. The summed E-state index contributed by atoms with van der Waals surface area (Å²) in [7, 11) is 7.90. The summed E-state index contributed by atoms with van der Waals surface area (Å²) in [6.45, 7) is 0.290. The lowest BCUT2D eigenvalue weighted by molar-refractivity contribution is 0.0996. The van der Waals surface area contributed by atoms with Crippen LogP contribution in [0.1, 0.15) is 10.6 Å². The quantitative estimate of drug-likeness (QED) is 0.267. The first-order valence-electron chi connectivity index (χ1n) is 11.0. The number of nitrogens with zero attached hydrogens (tertiary/aromatic N) is 2. The zero-order valence-electron chi connectivity index (χ0n) is 20.1. The standard InChI is InChI=1S/C26H28N4O4S/c1-29(2)22-15-18(9-11-20(22)27-17-34-25-8-6-14-33-25)35-19-10-12-21(23(16-19)30(3)4)28-26(31)24-7-5-13-32-24/h5-16,27H,17H2,1-4H3,(H,28,31). The molecule has 0 spiro atoms. The highest BCUT2D eigenvalue weighted by Crippen LogP contribution is 2.37. The number of carbonyl (C=O) groups is 1. The Labute approximate surface area is 208 Å². The summed E-state index contributed by atoms with van der Waals surface area (Å²) < 4.78 is 16.0. The van der Waals surface area contributed by atoms with E-state index in [0.29, 0.717) is 11.6 Å². The van der Waals surface area contributed by atoms with E-state index in [0.717, 1.165) is 26.9 Å². The lowest BCUT2D eigenvalue weighted by Crippen LogP contribution is -2.16. The van der Waals surface area contributed by atoms with E-state index in [1.54, 1.807) is 42.3 Å². The lowest BCUT2D eigenvalue weighted by atomic mass is 10.2. The molecule has 0 fully saturated rings. The van der Waals surface area contributed by atoms with Crippen molar-refractivity contribution in [3.05, 3.63) is 79.0 Å². The van der Waals surface area contributed by atoms with Crippen LogP contribution in [0.5, 0.6) is 5.95 Å². The number of anilines is 4. The van der Waals surface area contributed by atoms with Crippen LogP contribution in [0.4, 0.5) is 22.7 Å². The molecule has 8 nitrogen and oxygen atoms in total. The minimum Gasteiger partial charge on any atom is -0.459 e. The van der Waals surface area contributed by atoms with Crippen LogP contribution in [-0.4, -0.2) is 40.8 Å². The molecule has 0 atom stereocenters. The molecule has 2 aromatic heterocycles. The van der Waals surface area contributed by atoms with Gasteiger partial charge in [-0.15, -0.1) is 0 Å². The van der Waals surface area contributed by atoms with Crippen molar-refractivity contribution in [2.24, 2.45) is 0 Å². The van der Waals surface area contributed by atoms with Crippen LogP contribution < -0.4 is 25.2 Å². The van der Waals surface area contributed by atoms with E-state index in [1.807, 2.05) is 51.3 Å². The molecule has 182 valence electrons. The smallest absolute Gasteiger partial charge is 0.291 e. The maximum Gasteiger partial charge on any atom is 0.291 e. The molecule has 2 heterocycles. The zero-order valence-corrected chi connectivity index (χ0v) is 20.9. The Hall–Kier alpha value is -3.98. The molecule has 0 unspecified atom stereocenters. The summed E-state index contributed by atoms with van der Waals surface area (Å²) in [4.78, 5) is 18.6. The number of nitrogens with one attached hydrogen (secondary N) is 2. The van der Waals surface area contributed by atoms with Gasteiger partial charge < -0.3 is 34.0 Å². The normalized spacial score (nSPS) is 10.6. The third kappa shape index (κ3) is 6.13.